The average molecular weight is 362 g/mol. The van der Waals surface area contributed by atoms with Crippen LogP contribution in [0.15, 0.2) is 53.4 Å². The van der Waals surface area contributed by atoms with Crippen LogP contribution in [-0.2, 0) is 16.4 Å². The number of nitrogens with zero attached hydrogens (tertiary/aromatic N) is 1. The van der Waals surface area contributed by atoms with Crippen molar-refractivity contribution < 1.29 is 17.9 Å². The zero-order chi connectivity index (χ0) is 17.7. The molecule has 0 atom stereocenters. The van der Waals surface area contributed by atoms with Crippen LogP contribution in [-0.4, -0.2) is 45.6 Å². The molecule has 3 rings (SSSR count). The van der Waals surface area contributed by atoms with Crippen molar-refractivity contribution in [3.63, 3.8) is 0 Å². The highest BCUT2D eigenvalue weighted by Gasteiger charge is 2.30. The second-order valence-electron chi connectivity index (χ2n) is 5.71. The van der Waals surface area contributed by atoms with Crippen LogP contribution in [0.5, 0.6) is 11.5 Å². The van der Waals surface area contributed by atoms with Crippen LogP contribution in [0.4, 0.5) is 0 Å². The number of nitrogens with two attached hydrogens (primary N) is 1. The van der Waals surface area contributed by atoms with Gasteiger partial charge < -0.3 is 15.2 Å². The highest BCUT2D eigenvalue weighted by atomic mass is 32.2. The van der Waals surface area contributed by atoms with Crippen LogP contribution in [0.25, 0.3) is 0 Å². The van der Waals surface area contributed by atoms with Crippen molar-refractivity contribution in [3.05, 3.63) is 54.1 Å². The van der Waals surface area contributed by atoms with Gasteiger partial charge in [-0.3, -0.25) is 0 Å². The monoisotopic (exact) mass is 362 g/mol. The molecule has 1 heterocycles. The Kier molecular flexibility index (Phi) is 5.57. The molecule has 0 amide bonds. The normalized spacial score (nSPS) is 13.8. The van der Waals surface area contributed by atoms with E-state index in [1.54, 1.807) is 18.2 Å². The third-order valence-corrected chi connectivity index (χ3v) is 5.94. The molecule has 2 aromatic rings. The van der Waals surface area contributed by atoms with Gasteiger partial charge in [-0.25, -0.2) is 8.42 Å². The van der Waals surface area contributed by atoms with Crippen molar-refractivity contribution >= 4 is 10.0 Å². The van der Waals surface area contributed by atoms with Crippen molar-refractivity contribution in [2.24, 2.45) is 5.73 Å². The number of ether oxygens (including phenoxy) is 2. The van der Waals surface area contributed by atoms with Gasteiger partial charge in [-0.2, -0.15) is 4.31 Å². The Morgan fingerprint density at radius 2 is 1.72 bits per heavy atom. The second kappa shape index (κ2) is 7.86. The number of fused-ring (bicyclic) bond motifs is 1. The van der Waals surface area contributed by atoms with Gasteiger partial charge in [0.05, 0.1) is 0 Å². The summed E-state index contributed by atoms with van der Waals surface area (Å²) in [6.07, 6.45) is 0.618. The van der Waals surface area contributed by atoms with E-state index in [2.05, 4.69) is 0 Å². The molecule has 0 aromatic heterocycles. The summed E-state index contributed by atoms with van der Waals surface area (Å²) in [7, 11) is -3.73. The molecule has 0 spiro atoms. The topological polar surface area (TPSA) is 81.9 Å². The number of benzene rings is 2. The zero-order valence-corrected chi connectivity index (χ0v) is 14.7. The van der Waals surface area contributed by atoms with E-state index >= 15 is 0 Å². The molecule has 25 heavy (non-hydrogen) atoms. The highest BCUT2D eigenvalue weighted by Crippen LogP contribution is 2.37. The molecule has 1 aliphatic heterocycles. The van der Waals surface area contributed by atoms with E-state index in [9.17, 15) is 8.42 Å². The minimum atomic E-state index is -3.73. The second-order valence-corrected chi connectivity index (χ2v) is 7.62. The number of hydrogen-bond acceptors (Lipinski definition) is 5. The minimum absolute atomic E-state index is 0.131. The van der Waals surface area contributed by atoms with Crippen LogP contribution in [0, 0.1) is 0 Å². The van der Waals surface area contributed by atoms with Crippen LogP contribution < -0.4 is 15.2 Å². The SMILES string of the molecule is NCCN(CCc1ccccc1)S(=O)(=O)c1cccc2c1OCCO2. The maximum Gasteiger partial charge on any atom is 0.246 e. The molecule has 0 radical (unpaired) electrons. The lowest BCUT2D eigenvalue weighted by Crippen LogP contribution is -2.37. The summed E-state index contributed by atoms with van der Waals surface area (Å²) in [6, 6.07) is 14.7. The van der Waals surface area contributed by atoms with Gasteiger partial charge in [0.1, 0.15) is 18.1 Å². The number of hydrogen-bond donors (Lipinski definition) is 1. The molecule has 2 aromatic carbocycles. The smallest absolute Gasteiger partial charge is 0.246 e. The Labute approximate surface area is 148 Å². The Hall–Kier alpha value is -2.09. The highest BCUT2D eigenvalue weighted by molar-refractivity contribution is 7.89. The quantitative estimate of drug-likeness (QED) is 0.810. The van der Waals surface area contributed by atoms with Crippen molar-refractivity contribution in [1.29, 1.82) is 0 Å². The van der Waals surface area contributed by atoms with Crippen LogP contribution in [0.2, 0.25) is 0 Å². The van der Waals surface area contributed by atoms with Crippen LogP contribution in [0.1, 0.15) is 5.56 Å². The van der Waals surface area contributed by atoms with Gasteiger partial charge >= 0.3 is 0 Å². The lowest BCUT2D eigenvalue weighted by Gasteiger charge is -2.25. The standard InChI is InChI=1S/C18H22N2O4S/c19-10-12-20(11-9-15-5-2-1-3-6-15)25(21,22)17-8-4-7-16-18(17)24-14-13-23-16/h1-8H,9-14,19H2. The summed E-state index contributed by atoms with van der Waals surface area (Å²) < 4.78 is 38.8. The van der Waals surface area contributed by atoms with Crippen molar-refractivity contribution in [2.45, 2.75) is 11.3 Å². The predicted molar refractivity (Wildman–Crippen MR) is 95.4 cm³/mol. The number of sulfonamides is 1. The number of para-hydroxylation sites is 1. The van der Waals surface area contributed by atoms with Gasteiger partial charge in [0, 0.05) is 19.6 Å². The molecule has 0 aliphatic carbocycles. The summed E-state index contributed by atoms with van der Waals surface area (Å²) in [6.45, 7) is 1.60. The van der Waals surface area contributed by atoms with Gasteiger partial charge in [0.2, 0.25) is 10.0 Å². The Morgan fingerprint density at radius 1 is 0.960 bits per heavy atom. The maximum atomic E-state index is 13.2. The number of rotatable bonds is 7. The molecule has 1 aliphatic rings. The minimum Gasteiger partial charge on any atom is -0.486 e. The molecule has 134 valence electrons. The first-order valence-corrected chi connectivity index (χ1v) is 9.69. The zero-order valence-electron chi connectivity index (χ0n) is 13.9. The van der Waals surface area contributed by atoms with Crippen molar-refractivity contribution in [1.82, 2.24) is 4.31 Å². The van der Waals surface area contributed by atoms with Crippen molar-refractivity contribution in [2.75, 3.05) is 32.8 Å². The molecule has 6 nitrogen and oxygen atoms in total. The summed E-state index contributed by atoms with van der Waals surface area (Å²) in [5.74, 6) is 0.749. The van der Waals surface area contributed by atoms with Gasteiger partial charge in [-0.15, -0.1) is 0 Å². The first-order chi connectivity index (χ1) is 12.1. The Balaban J connectivity index is 1.87. The lowest BCUT2D eigenvalue weighted by molar-refractivity contribution is 0.166. The van der Waals surface area contributed by atoms with E-state index in [0.29, 0.717) is 31.9 Å². The molecular formula is C18H22N2O4S. The van der Waals surface area contributed by atoms with Crippen molar-refractivity contribution in [3.8, 4) is 11.5 Å². The Bertz CT molecular complexity index is 809. The van der Waals surface area contributed by atoms with Crippen LogP contribution in [0.3, 0.4) is 0 Å². The van der Waals surface area contributed by atoms with E-state index in [4.69, 9.17) is 15.2 Å². The van der Waals surface area contributed by atoms with E-state index in [1.165, 1.54) is 4.31 Å². The third kappa shape index (κ3) is 3.95. The molecule has 0 bridgehead atoms. The fraction of sp³-hybridized carbons (Fsp3) is 0.333. The molecule has 0 unspecified atom stereocenters. The summed E-state index contributed by atoms with van der Waals surface area (Å²) in [5.41, 5.74) is 6.73. The predicted octanol–water partition coefficient (Wildman–Crippen LogP) is 1.65. The molecule has 0 fully saturated rings. The molecule has 7 heteroatoms. The van der Waals surface area contributed by atoms with E-state index in [0.717, 1.165) is 5.56 Å². The van der Waals surface area contributed by atoms with E-state index < -0.39 is 10.0 Å². The largest absolute Gasteiger partial charge is 0.486 e. The fourth-order valence-corrected chi connectivity index (χ4v) is 4.38. The first-order valence-electron chi connectivity index (χ1n) is 8.25. The van der Waals surface area contributed by atoms with Gasteiger partial charge in [0.25, 0.3) is 0 Å². The molecule has 0 saturated carbocycles. The third-order valence-electron chi connectivity index (χ3n) is 4.02. The van der Waals surface area contributed by atoms with E-state index in [1.807, 2.05) is 30.3 Å². The van der Waals surface area contributed by atoms with Gasteiger partial charge in [0.15, 0.2) is 11.5 Å². The van der Waals surface area contributed by atoms with Gasteiger partial charge in [-0.05, 0) is 24.1 Å². The fourth-order valence-electron chi connectivity index (χ4n) is 2.78. The Morgan fingerprint density at radius 3 is 2.48 bits per heavy atom. The van der Waals surface area contributed by atoms with Crippen LogP contribution >= 0.6 is 0 Å². The maximum absolute atomic E-state index is 13.2. The van der Waals surface area contributed by atoms with Gasteiger partial charge in [-0.1, -0.05) is 36.4 Å². The summed E-state index contributed by atoms with van der Waals surface area (Å²) in [5, 5.41) is 0. The summed E-state index contributed by atoms with van der Waals surface area (Å²) >= 11 is 0. The summed E-state index contributed by atoms with van der Waals surface area (Å²) in [4.78, 5) is 0.131. The lowest BCUT2D eigenvalue weighted by atomic mass is 10.1. The molecule has 2 N–H and O–H groups in total. The van der Waals surface area contributed by atoms with E-state index in [-0.39, 0.29) is 23.7 Å². The molecular weight excluding hydrogens is 340 g/mol. The average Bonchev–Trinajstić information content (AvgIpc) is 2.65. The molecule has 0 saturated heterocycles. The first kappa shape index (κ1) is 17.7.